The number of thiocyanates is 1. The zero-order valence-corrected chi connectivity index (χ0v) is 7.97. The molecule has 3 nitrogen and oxygen atoms in total. The first-order valence-electron chi connectivity index (χ1n) is 3.97. The first-order chi connectivity index (χ1) is 6.36. The molecule has 0 atom stereocenters. The Labute approximate surface area is 81.9 Å². The van der Waals surface area contributed by atoms with Gasteiger partial charge in [0, 0.05) is 23.7 Å². The summed E-state index contributed by atoms with van der Waals surface area (Å²) in [6.45, 7) is 1.39. The molecule has 0 fully saturated rings. The van der Waals surface area contributed by atoms with Gasteiger partial charge in [0.05, 0.1) is 0 Å². The summed E-state index contributed by atoms with van der Waals surface area (Å²) in [4.78, 5) is 0.959. The number of nitrogens with one attached hydrogen (secondary N) is 1. The Kier molecular flexibility index (Phi) is 4.16. The first-order valence-corrected chi connectivity index (χ1v) is 4.78. The average molecular weight is 193 g/mol. The lowest BCUT2D eigenvalue weighted by molar-refractivity contribution is 1.02. The summed E-state index contributed by atoms with van der Waals surface area (Å²) in [6.07, 6.45) is 0. The van der Waals surface area contributed by atoms with Crippen LogP contribution in [-0.4, -0.2) is 13.1 Å². The molecule has 13 heavy (non-hydrogen) atoms. The predicted octanol–water partition coefficient (Wildman–Crippen LogP) is 1.63. The molecule has 1 aromatic rings. The summed E-state index contributed by atoms with van der Waals surface area (Å²) in [5.41, 5.74) is 6.38. The van der Waals surface area contributed by atoms with Gasteiger partial charge in [0.15, 0.2) is 0 Å². The number of rotatable bonds is 4. The van der Waals surface area contributed by atoms with Crippen molar-refractivity contribution in [1.82, 2.24) is 0 Å². The largest absolute Gasteiger partial charge is 0.384 e. The lowest BCUT2D eigenvalue weighted by atomic mass is 10.3. The third-order valence-corrected chi connectivity index (χ3v) is 2.09. The third-order valence-electron chi connectivity index (χ3n) is 1.49. The molecule has 0 unspecified atom stereocenters. The fourth-order valence-electron chi connectivity index (χ4n) is 0.910. The van der Waals surface area contributed by atoms with E-state index < -0.39 is 0 Å². The molecule has 0 heterocycles. The van der Waals surface area contributed by atoms with Crippen LogP contribution in [0, 0.1) is 10.7 Å². The molecule has 0 saturated heterocycles. The predicted molar refractivity (Wildman–Crippen MR) is 55.5 cm³/mol. The van der Waals surface area contributed by atoms with Crippen molar-refractivity contribution >= 4 is 17.4 Å². The fraction of sp³-hybridized carbons (Fsp3) is 0.222. The Morgan fingerprint density at radius 1 is 1.38 bits per heavy atom. The zero-order chi connectivity index (χ0) is 9.52. The van der Waals surface area contributed by atoms with Crippen LogP contribution in [0.2, 0.25) is 0 Å². The van der Waals surface area contributed by atoms with Crippen molar-refractivity contribution in [3.8, 4) is 5.40 Å². The molecular formula is C9H11N3S. The van der Waals surface area contributed by atoms with E-state index in [-0.39, 0.29) is 0 Å². The Morgan fingerprint density at radius 2 is 2.08 bits per heavy atom. The molecule has 0 aliphatic carbocycles. The molecule has 0 radical (unpaired) electrons. The van der Waals surface area contributed by atoms with E-state index in [1.165, 1.54) is 0 Å². The van der Waals surface area contributed by atoms with Gasteiger partial charge in [-0.05, 0) is 36.0 Å². The highest BCUT2D eigenvalue weighted by Crippen LogP contribution is 2.18. The van der Waals surface area contributed by atoms with Crippen molar-refractivity contribution in [2.45, 2.75) is 4.90 Å². The number of hydrogen-bond donors (Lipinski definition) is 2. The van der Waals surface area contributed by atoms with Crippen LogP contribution in [-0.2, 0) is 0 Å². The van der Waals surface area contributed by atoms with E-state index in [4.69, 9.17) is 11.0 Å². The van der Waals surface area contributed by atoms with Gasteiger partial charge in [0.2, 0.25) is 0 Å². The van der Waals surface area contributed by atoms with Crippen LogP contribution in [0.4, 0.5) is 5.69 Å². The Balaban J connectivity index is 2.55. The van der Waals surface area contributed by atoms with Crippen LogP contribution in [0.1, 0.15) is 0 Å². The number of nitriles is 1. The molecule has 4 heteroatoms. The van der Waals surface area contributed by atoms with Gasteiger partial charge in [-0.2, -0.15) is 5.26 Å². The second kappa shape index (κ2) is 5.46. The van der Waals surface area contributed by atoms with E-state index in [0.717, 1.165) is 28.9 Å². The minimum absolute atomic E-state index is 0.620. The number of thioether (sulfide) groups is 1. The van der Waals surface area contributed by atoms with E-state index >= 15 is 0 Å². The first kappa shape index (κ1) is 9.90. The number of nitrogens with two attached hydrogens (primary N) is 1. The molecule has 0 spiro atoms. The van der Waals surface area contributed by atoms with E-state index in [1.54, 1.807) is 0 Å². The van der Waals surface area contributed by atoms with Crippen molar-refractivity contribution in [2.24, 2.45) is 5.73 Å². The normalized spacial score (nSPS) is 9.23. The second-order valence-electron chi connectivity index (χ2n) is 2.43. The maximum Gasteiger partial charge on any atom is 0.138 e. The van der Waals surface area contributed by atoms with E-state index in [2.05, 4.69) is 5.32 Å². The summed E-state index contributed by atoms with van der Waals surface area (Å²) in [5.74, 6) is 0. The van der Waals surface area contributed by atoms with Crippen LogP contribution in [0.25, 0.3) is 0 Å². The highest BCUT2D eigenvalue weighted by Gasteiger charge is 1.93. The van der Waals surface area contributed by atoms with Gasteiger partial charge >= 0.3 is 0 Å². The van der Waals surface area contributed by atoms with Crippen molar-refractivity contribution in [3.05, 3.63) is 24.3 Å². The van der Waals surface area contributed by atoms with Gasteiger partial charge in [-0.1, -0.05) is 0 Å². The maximum absolute atomic E-state index is 8.41. The molecule has 0 saturated carbocycles. The third kappa shape index (κ3) is 3.36. The lowest BCUT2D eigenvalue weighted by Gasteiger charge is -2.03. The van der Waals surface area contributed by atoms with Crippen molar-refractivity contribution in [2.75, 3.05) is 18.4 Å². The second-order valence-corrected chi connectivity index (χ2v) is 3.29. The summed E-state index contributed by atoms with van der Waals surface area (Å²) >= 11 is 1.16. The molecule has 68 valence electrons. The highest BCUT2D eigenvalue weighted by atomic mass is 32.2. The lowest BCUT2D eigenvalue weighted by Crippen LogP contribution is -2.12. The van der Waals surface area contributed by atoms with Crippen LogP contribution in [0.3, 0.4) is 0 Å². The van der Waals surface area contributed by atoms with Gasteiger partial charge in [-0.25, -0.2) is 0 Å². The highest BCUT2D eigenvalue weighted by molar-refractivity contribution is 8.03. The van der Waals surface area contributed by atoms with Crippen LogP contribution in [0.5, 0.6) is 0 Å². The molecule has 0 aromatic heterocycles. The number of nitrogens with zero attached hydrogens (tertiary/aromatic N) is 1. The van der Waals surface area contributed by atoms with Gasteiger partial charge in [0.1, 0.15) is 5.40 Å². The standard InChI is InChI=1S/C9H11N3S/c10-5-6-12-8-1-3-9(4-2-8)13-7-11/h1-4,12H,5-6,10H2. The molecule has 0 aliphatic rings. The molecule has 3 N–H and O–H groups in total. The number of anilines is 1. The monoisotopic (exact) mass is 193 g/mol. The van der Waals surface area contributed by atoms with Crippen LogP contribution >= 0.6 is 11.8 Å². The summed E-state index contributed by atoms with van der Waals surface area (Å²) in [7, 11) is 0. The summed E-state index contributed by atoms with van der Waals surface area (Å²) in [5, 5.41) is 13.6. The minimum atomic E-state index is 0.620. The Morgan fingerprint density at radius 3 is 2.62 bits per heavy atom. The minimum Gasteiger partial charge on any atom is -0.384 e. The molecule has 0 amide bonds. The fourth-order valence-corrected chi connectivity index (χ4v) is 1.29. The quantitative estimate of drug-likeness (QED) is 0.563. The van der Waals surface area contributed by atoms with Crippen molar-refractivity contribution in [1.29, 1.82) is 5.26 Å². The average Bonchev–Trinajstić information content (AvgIpc) is 2.17. The maximum atomic E-state index is 8.41. The molecule has 0 aliphatic heterocycles. The topological polar surface area (TPSA) is 61.8 Å². The van der Waals surface area contributed by atoms with Gasteiger partial charge in [-0.15, -0.1) is 0 Å². The summed E-state index contributed by atoms with van der Waals surface area (Å²) < 4.78 is 0. The molecule has 1 aromatic carbocycles. The SMILES string of the molecule is N#CSc1ccc(NCCN)cc1. The number of hydrogen-bond acceptors (Lipinski definition) is 4. The van der Waals surface area contributed by atoms with Crippen LogP contribution < -0.4 is 11.1 Å². The molecular weight excluding hydrogens is 182 g/mol. The van der Waals surface area contributed by atoms with Gasteiger partial charge in [-0.3, -0.25) is 0 Å². The smallest absolute Gasteiger partial charge is 0.138 e. The van der Waals surface area contributed by atoms with Gasteiger partial charge < -0.3 is 11.1 Å². The Bertz CT molecular complexity index is 289. The van der Waals surface area contributed by atoms with Crippen molar-refractivity contribution in [3.63, 3.8) is 0 Å². The van der Waals surface area contributed by atoms with E-state index in [0.29, 0.717) is 6.54 Å². The van der Waals surface area contributed by atoms with E-state index in [1.807, 2.05) is 29.7 Å². The number of benzene rings is 1. The van der Waals surface area contributed by atoms with E-state index in [9.17, 15) is 0 Å². The molecule has 1 rings (SSSR count). The van der Waals surface area contributed by atoms with Crippen LogP contribution in [0.15, 0.2) is 29.2 Å². The van der Waals surface area contributed by atoms with Crippen molar-refractivity contribution < 1.29 is 0 Å². The zero-order valence-electron chi connectivity index (χ0n) is 7.16. The van der Waals surface area contributed by atoms with Gasteiger partial charge in [0.25, 0.3) is 0 Å². The Hall–Kier alpha value is -1.18. The summed E-state index contributed by atoms with van der Waals surface area (Å²) in [6, 6.07) is 7.70. The molecule has 0 bridgehead atoms.